The molecule has 0 bridgehead atoms. The summed E-state index contributed by atoms with van der Waals surface area (Å²) in [6, 6.07) is 16.6. The van der Waals surface area contributed by atoms with E-state index in [0.717, 1.165) is 41.9 Å². The lowest BCUT2D eigenvalue weighted by Gasteiger charge is -2.13. The van der Waals surface area contributed by atoms with Crippen LogP contribution in [0, 0.1) is 5.92 Å². The summed E-state index contributed by atoms with van der Waals surface area (Å²) in [5.74, 6) is 2.21. The van der Waals surface area contributed by atoms with Gasteiger partial charge in [0.25, 0.3) is 0 Å². The average molecular weight is 564 g/mol. The van der Waals surface area contributed by atoms with E-state index in [1.807, 2.05) is 24.3 Å². The van der Waals surface area contributed by atoms with E-state index in [1.165, 1.54) is 15.6 Å². The lowest BCUT2D eigenvalue weighted by atomic mass is 10.0. The summed E-state index contributed by atoms with van der Waals surface area (Å²) in [6.07, 6.45) is 5.27. The van der Waals surface area contributed by atoms with Crippen LogP contribution in [0.1, 0.15) is 43.4 Å². The van der Waals surface area contributed by atoms with Crippen LogP contribution in [0.3, 0.4) is 0 Å². The Morgan fingerprint density at radius 2 is 1.91 bits per heavy atom. The molecule has 6 nitrogen and oxygen atoms in total. The zero-order valence-corrected chi connectivity index (χ0v) is 23.0. The van der Waals surface area contributed by atoms with Gasteiger partial charge in [0.2, 0.25) is 0 Å². The van der Waals surface area contributed by atoms with E-state index >= 15 is 0 Å². The molecule has 1 aromatic heterocycles. The molecule has 2 N–H and O–H groups in total. The van der Waals surface area contributed by atoms with Crippen LogP contribution in [0.25, 0.3) is 11.3 Å². The topological polar surface area (TPSA) is 80.9 Å². The number of rotatable bonds is 15. The van der Waals surface area contributed by atoms with E-state index in [9.17, 15) is 4.57 Å². The summed E-state index contributed by atoms with van der Waals surface area (Å²) >= 11 is 3.72. The minimum absolute atomic E-state index is 0.269. The fourth-order valence-electron chi connectivity index (χ4n) is 3.84. The molecule has 3 rings (SSSR count). The van der Waals surface area contributed by atoms with E-state index in [1.54, 1.807) is 6.26 Å². The average Bonchev–Trinajstić information content (AvgIpc) is 3.35. The molecule has 3 aromatic rings. The zero-order valence-electron chi connectivity index (χ0n) is 20.4. The monoisotopic (exact) mass is 563 g/mol. The quantitative estimate of drug-likeness (QED) is 0.156. The van der Waals surface area contributed by atoms with Gasteiger partial charge in [-0.1, -0.05) is 48.0 Å². The van der Waals surface area contributed by atoms with Crippen LogP contribution in [0.15, 0.2) is 63.7 Å². The van der Waals surface area contributed by atoms with Crippen molar-refractivity contribution in [3.05, 3.63) is 76.0 Å². The molecule has 0 spiro atoms. The van der Waals surface area contributed by atoms with Gasteiger partial charge in [-0.3, -0.25) is 4.57 Å². The normalized spacial score (nSPS) is 12.3. The molecule has 2 aromatic carbocycles. The van der Waals surface area contributed by atoms with Gasteiger partial charge < -0.3 is 23.9 Å². The molecule has 0 saturated heterocycles. The number of furan rings is 1. The molecule has 1 heterocycles. The van der Waals surface area contributed by atoms with Crippen molar-refractivity contribution in [3.8, 4) is 17.1 Å². The summed E-state index contributed by atoms with van der Waals surface area (Å²) in [4.78, 5) is 8.70. The van der Waals surface area contributed by atoms with Crippen LogP contribution in [0.4, 0.5) is 0 Å². The van der Waals surface area contributed by atoms with Gasteiger partial charge >= 0.3 is 8.25 Å². The van der Waals surface area contributed by atoms with Crippen LogP contribution in [-0.4, -0.2) is 24.7 Å². The predicted molar refractivity (Wildman–Crippen MR) is 144 cm³/mol. The Hall–Kier alpha value is -1.89. The predicted octanol–water partition coefficient (Wildman–Crippen LogP) is 6.80. The largest absolute Gasteiger partial charge is 0.493 e. The first-order chi connectivity index (χ1) is 16.9. The molecule has 1 unspecified atom stereocenters. The Morgan fingerprint density at radius 3 is 2.63 bits per heavy atom. The van der Waals surface area contributed by atoms with Crippen molar-refractivity contribution in [1.29, 1.82) is 0 Å². The van der Waals surface area contributed by atoms with Gasteiger partial charge in [0.15, 0.2) is 0 Å². The van der Waals surface area contributed by atoms with Gasteiger partial charge in [-0.2, -0.15) is 0 Å². The number of hydrogen-bond acceptors (Lipinski definition) is 5. The smallest absolute Gasteiger partial charge is 0.316 e. The number of ether oxygens (including phenoxy) is 1. The third-order valence-corrected chi connectivity index (χ3v) is 6.69. The zero-order chi connectivity index (χ0) is 25.0. The van der Waals surface area contributed by atoms with Gasteiger partial charge in [0.05, 0.1) is 25.0 Å². The SMILES string of the molecule is CC(C)Cc1ccc(CCCOc2ccc(CNCCCO[PH](=O)O)cc2-c2ccco2)cc1Br. The standard InChI is InChI=1S/C27H35BrNO5P/c1-20(2)16-23-10-8-21(18-25(23)28)6-3-13-33-27-11-9-22(17-24(27)26-7-4-14-32-26)19-29-12-5-15-34-35(30)31/h4,7-11,14,17-18,20,29,35H,3,5-6,12-13,15-16,19H2,1-2H3,(H,30,31). The molecule has 8 heteroatoms. The van der Waals surface area contributed by atoms with Crippen molar-refractivity contribution in [2.24, 2.45) is 5.92 Å². The summed E-state index contributed by atoms with van der Waals surface area (Å²) in [5, 5.41) is 3.33. The van der Waals surface area contributed by atoms with Crippen molar-refractivity contribution in [1.82, 2.24) is 5.32 Å². The molecule has 1 atom stereocenters. The number of hydrogen-bond donors (Lipinski definition) is 2. The van der Waals surface area contributed by atoms with Gasteiger partial charge in [0, 0.05) is 11.0 Å². The Morgan fingerprint density at radius 1 is 1.09 bits per heavy atom. The molecule has 0 aliphatic carbocycles. The van der Waals surface area contributed by atoms with E-state index in [2.05, 4.69) is 59.4 Å². The molecule has 35 heavy (non-hydrogen) atoms. The molecule has 0 saturated carbocycles. The third-order valence-electron chi connectivity index (χ3n) is 5.50. The van der Waals surface area contributed by atoms with Gasteiger partial charge in [-0.05, 0) is 85.2 Å². The molecular weight excluding hydrogens is 529 g/mol. The molecule has 0 aliphatic heterocycles. The molecule has 0 fully saturated rings. The molecular formula is C27H35BrNO5P. The van der Waals surface area contributed by atoms with E-state index in [-0.39, 0.29) is 6.61 Å². The maximum atomic E-state index is 10.6. The highest BCUT2D eigenvalue weighted by Gasteiger charge is 2.11. The van der Waals surface area contributed by atoms with E-state index in [4.69, 9.17) is 18.6 Å². The number of nitrogens with one attached hydrogen (secondary N) is 1. The van der Waals surface area contributed by atoms with Crippen LogP contribution < -0.4 is 10.1 Å². The summed E-state index contributed by atoms with van der Waals surface area (Å²) in [6.45, 7) is 6.72. The lowest BCUT2D eigenvalue weighted by molar-refractivity contribution is 0.276. The summed E-state index contributed by atoms with van der Waals surface area (Å²) in [5.41, 5.74) is 4.69. The third kappa shape index (κ3) is 9.59. The van der Waals surface area contributed by atoms with Gasteiger partial charge in [-0.25, -0.2) is 0 Å². The summed E-state index contributed by atoms with van der Waals surface area (Å²) < 4.78 is 28.3. The minimum Gasteiger partial charge on any atom is -0.493 e. The number of aryl methyl sites for hydroxylation is 1. The van der Waals surface area contributed by atoms with Crippen LogP contribution in [-0.2, 0) is 28.5 Å². The fraction of sp³-hybridized carbons (Fsp3) is 0.407. The Kier molecular flexibility index (Phi) is 11.6. The van der Waals surface area contributed by atoms with Crippen molar-refractivity contribution in [2.75, 3.05) is 19.8 Å². The van der Waals surface area contributed by atoms with Crippen molar-refractivity contribution in [2.45, 2.75) is 46.1 Å². The van der Waals surface area contributed by atoms with Crippen molar-refractivity contribution >= 4 is 24.2 Å². The maximum Gasteiger partial charge on any atom is 0.316 e. The first-order valence-electron chi connectivity index (χ1n) is 12.1. The van der Waals surface area contributed by atoms with Crippen molar-refractivity contribution in [3.63, 3.8) is 0 Å². The van der Waals surface area contributed by atoms with Gasteiger partial charge in [0.1, 0.15) is 11.5 Å². The molecule has 190 valence electrons. The minimum atomic E-state index is -2.85. The summed E-state index contributed by atoms with van der Waals surface area (Å²) in [7, 11) is -2.85. The Bertz CT molecular complexity index is 1070. The molecule has 0 amide bonds. The van der Waals surface area contributed by atoms with E-state index < -0.39 is 8.25 Å². The van der Waals surface area contributed by atoms with Crippen LogP contribution in [0.2, 0.25) is 0 Å². The number of halogens is 1. The van der Waals surface area contributed by atoms with Crippen LogP contribution >= 0.6 is 24.2 Å². The maximum absolute atomic E-state index is 10.6. The highest BCUT2D eigenvalue weighted by Crippen LogP contribution is 2.32. The van der Waals surface area contributed by atoms with Crippen molar-refractivity contribution < 1.29 is 23.1 Å². The highest BCUT2D eigenvalue weighted by atomic mass is 79.9. The molecule has 0 radical (unpaired) electrons. The molecule has 0 aliphatic rings. The van der Waals surface area contributed by atoms with E-state index in [0.29, 0.717) is 32.0 Å². The fourth-order valence-corrected chi connectivity index (χ4v) is 4.74. The second-order valence-electron chi connectivity index (χ2n) is 8.93. The first kappa shape index (κ1) is 27.7. The first-order valence-corrected chi connectivity index (χ1v) is 14.1. The van der Waals surface area contributed by atoms with Crippen LogP contribution in [0.5, 0.6) is 5.75 Å². The Balaban J connectivity index is 1.53. The Labute approximate surface area is 217 Å². The lowest BCUT2D eigenvalue weighted by Crippen LogP contribution is -2.16. The second kappa shape index (κ2) is 14.6. The second-order valence-corrected chi connectivity index (χ2v) is 10.6. The highest BCUT2D eigenvalue weighted by molar-refractivity contribution is 9.10. The number of benzene rings is 2. The van der Waals surface area contributed by atoms with Gasteiger partial charge in [-0.15, -0.1) is 0 Å².